The summed E-state index contributed by atoms with van der Waals surface area (Å²) < 4.78 is 0.922. The van der Waals surface area contributed by atoms with E-state index in [1.54, 1.807) is 6.07 Å². The number of carbonyl (C=O) groups excluding carboxylic acids is 1. The predicted octanol–water partition coefficient (Wildman–Crippen LogP) is 3.90. The third kappa shape index (κ3) is 2.96. The Morgan fingerprint density at radius 3 is 2.63 bits per heavy atom. The number of nitrogens with two attached hydrogens (primary N) is 1. The number of hydrogen-bond acceptors (Lipinski definition) is 2. The van der Waals surface area contributed by atoms with Crippen molar-refractivity contribution < 1.29 is 4.79 Å². The minimum absolute atomic E-state index is 0.192. The molecule has 0 aromatic heterocycles. The van der Waals surface area contributed by atoms with Gasteiger partial charge in [0.05, 0.1) is 5.56 Å². The molecule has 0 unspecified atom stereocenters. The summed E-state index contributed by atoms with van der Waals surface area (Å²) in [6.45, 7) is 3.83. The highest BCUT2D eigenvalue weighted by Gasteiger charge is 2.12. The van der Waals surface area contributed by atoms with Crippen LogP contribution in [0.2, 0.25) is 0 Å². The summed E-state index contributed by atoms with van der Waals surface area (Å²) >= 11 is 3.39. The molecule has 0 aliphatic carbocycles. The second-order valence-electron chi connectivity index (χ2n) is 4.45. The molecule has 4 heteroatoms. The first-order valence-electron chi connectivity index (χ1n) is 5.91. The van der Waals surface area contributed by atoms with Crippen LogP contribution in [0.15, 0.2) is 40.9 Å². The van der Waals surface area contributed by atoms with E-state index in [9.17, 15) is 4.79 Å². The summed E-state index contributed by atoms with van der Waals surface area (Å²) in [5.74, 6) is -0.192. The fourth-order valence-corrected chi connectivity index (χ4v) is 2.16. The Bertz CT molecular complexity index is 638. The second-order valence-corrected chi connectivity index (χ2v) is 5.37. The summed E-state index contributed by atoms with van der Waals surface area (Å²) in [5, 5.41) is 2.89. The van der Waals surface area contributed by atoms with Crippen LogP contribution in [-0.2, 0) is 0 Å². The maximum atomic E-state index is 12.2. The van der Waals surface area contributed by atoms with Crippen LogP contribution < -0.4 is 11.1 Å². The number of benzene rings is 2. The number of nitrogens with one attached hydrogen (secondary N) is 1. The number of halogens is 1. The lowest BCUT2D eigenvalue weighted by atomic mass is 10.1. The molecule has 0 aliphatic heterocycles. The quantitative estimate of drug-likeness (QED) is 0.825. The molecule has 0 radical (unpaired) electrons. The first kappa shape index (κ1) is 13.6. The molecule has 2 rings (SSSR count). The zero-order valence-corrected chi connectivity index (χ0v) is 12.4. The number of hydrogen-bond donors (Lipinski definition) is 2. The predicted molar refractivity (Wildman–Crippen MR) is 82.4 cm³/mol. The van der Waals surface area contributed by atoms with Gasteiger partial charge in [0, 0.05) is 15.8 Å². The highest BCUT2D eigenvalue weighted by Crippen LogP contribution is 2.23. The van der Waals surface area contributed by atoms with Crippen molar-refractivity contribution in [3.8, 4) is 0 Å². The smallest absolute Gasteiger partial charge is 0.257 e. The number of carbonyl (C=O) groups is 1. The lowest BCUT2D eigenvalue weighted by molar-refractivity contribution is 0.102. The van der Waals surface area contributed by atoms with Crippen LogP contribution in [0, 0.1) is 13.8 Å². The van der Waals surface area contributed by atoms with E-state index in [-0.39, 0.29) is 5.91 Å². The molecule has 0 atom stereocenters. The molecule has 0 aliphatic rings. The first-order chi connectivity index (χ1) is 8.99. The van der Waals surface area contributed by atoms with Crippen molar-refractivity contribution in [2.24, 2.45) is 0 Å². The lowest BCUT2D eigenvalue weighted by Crippen LogP contribution is -2.15. The normalized spacial score (nSPS) is 10.3. The Kier molecular flexibility index (Phi) is 3.90. The largest absolute Gasteiger partial charge is 0.398 e. The molecule has 0 heterocycles. The Labute approximate surface area is 121 Å². The number of rotatable bonds is 2. The molecule has 2 aromatic carbocycles. The lowest BCUT2D eigenvalue weighted by Gasteiger charge is -2.11. The highest BCUT2D eigenvalue weighted by atomic mass is 79.9. The molecule has 0 saturated heterocycles. The fourth-order valence-electron chi connectivity index (χ4n) is 1.80. The summed E-state index contributed by atoms with van der Waals surface area (Å²) in [7, 11) is 0. The van der Waals surface area contributed by atoms with Gasteiger partial charge in [0.25, 0.3) is 5.91 Å². The average Bonchev–Trinajstić information content (AvgIpc) is 2.37. The number of anilines is 2. The topological polar surface area (TPSA) is 55.1 Å². The Morgan fingerprint density at radius 1 is 1.16 bits per heavy atom. The molecule has 0 fully saturated rings. The van der Waals surface area contributed by atoms with Crippen molar-refractivity contribution in [1.82, 2.24) is 0 Å². The van der Waals surface area contributed by atoms with Crippen molar-refractivity contribution in [3.63, 3.8) is 0 Å². The van der Waals surface area contributed by atoms with E-state index in [4.69, 9.17) is 5.73 Å². The molecule has 0 bridgehead atoms. The monoisotopic (exact) mass is 318 g/mol. The SMILES string of the molecule is Cc1ccc(Br)cc1NC(=O)c1cccc(C)c1N. The molecule has 1 amide bonds. The minimum Gasteiger partial charge on any atom is -0.398 e. The molecule has 19 heavy (non-hydrogen) atoms. The molecular formula is C15H15BrN2O. The zero-order chi connectivity index (χ0) is 14.0. The van der Waals surface area contributed by atoms with Crippen molar-refractivity contribution >= 4 is 33.2 Å². The standard InChI is InChI=1S/C15H15BrN2O/c1-9-6-7-11(16)8-13(9)18-15(19)12-5-3-4-10(2)14(12)17/h3-8H,17H2,1-2H3,(H,18,19). The van der Waals surface area contributed by atoms with Crippen LogP contribution in [0.5, 0.6) is 0 Å². The van der Waals surface area contributed by atoms with Gasteiger partial charge in [-0.2, -0.15) is 0 Å². The molecule has 3 nitrogen and oxygen atoms in total. The van der Waals surface area contributed by atoms with Gasteiger partial charge in [0.1, 0.15) is 0 Å². The first-order valence-corrected chi connectivity index (χ1v) is 6.71. The Hall–Kier alpha value is -1.81. The zero-order valence-electron chi connectivity index (χ0n) is 10.8. The number of nitrogen functional groups attached to an aromatic ring is 1. The van der Waals surface area contributed by atoms with Gasteiger partial charge in [-0.1, -0.05) is 34.1 Å². The van der Waals surface area contributed by atoms with Gasteiger partial charge in [-0.15, -0.1) is 0 Å². The minimum atomic E-state index is -0.192. The number of aryl methyl sites for hydroxylation is 2. The van der Waals surface area contributed by atoms with Crippen molar-refractivity contribution in [3.05, 3.63) is 57.6 Å². The van der Waals surface area contributed by atoms with Crippen molar-refractivity contribution in [2.45, 2.75) is 13.8 Å². The average molecular weight is 319 g/mol. The summed E-state index contributed by atoms with van der Waals surface area (Å²) in [4.78, 5) is 12.2. The summed E-state index contributed by atoms with van der Waals surface area (Å²) in [6.07, 6.45) is 0. The van der Waals surface area contributed by atoms with Crippen LogP contribution in [-0.4, -0.2) is 5.91 Å². The van der Waals surface area contributed by atoms with E-state index < -0.39 is 0 Å². The summed E-state index contributed by atoms with van der Waals surface area (Å²) in [5.41, 5.74) is 9.64. The van der Waals surface area contributed by atoms with Crippen LogP contribution in [0.3, 0.4) is 0 Å². The third-order valence-electron chi connectivity index (χ3n) is 3.02. The Balaban J connectivity index is 2.31. The van der Waals surface area contributed by atoms with Gasteiger partial charge in [-0.3, -0.25) is 4.79 Å². The Morgan fingerprint density at radius 2 is 1.89 bits per heavy atom. The molecule has 98 valence electrons. The van der Waals surface area contributed by atoms with Crippen LogP contribution >= 0.6 is 15.9 Å². The molecule has 0 spiro atoms. The van der Waals surface area contributed by atoms with Crippen LogP contribution in [0.4, 0.5) is 11.4 Å². The fraction of sp³-hybridized carbons (Fsp3) is 0.133. The molecule has 2 aromatic rings. The van der Waals surface area contributed by atoms with Crippen LogP contribution in [0.1, 0.15) is 21.5 Å². The maximum absolute atomic E-state index is 12.2. The van der Waals surface area contributed by atoms with Crippen LogP contribution in [0.25, 0.3) is 0 Å². The van der Waals surface area contributed by atoms with Gasteiger partial charge in [0.15, 0.2) is 0 Å². The number of para-hydroxylation sites is 1. The highest BCUT2D eigenvalue weighted by molar-refractivity contribution is 9.10. The van der Waals surface area contributed by atoms with E-state index in [1.807, 2.05) is 44.2 Å². The van der Waals surface area contributed by atoms with E-state index in [1.165, 1.54) is 0 Å². The van der Waals surface area contributed by atoms with E-state index >= 15 is 0 Å². The van der Waals surface area contributed by atoms with Gasteiger partial charge < -0.3 is 11.1 Å². The van der Waals surface area contributed by atoms with Gasteiger partial charge in [-0.25, -0.2) is 0 Å². The van der Waals surface area contributed by atoms with E-state index in [2.05, 4.69) is 21.2 Å². The van der Waals surface area contributed by atoms with Gasteiger partial charge >= 0.3 is 0 Å². The number of amides is 1. The van der Waals surface area contributed by atoms with Crippen molar-refractivity contribution in [2.75, 3.05) is 11.1 Å². The molecular weight excluding hydrogens is 304 g/mol. The molecule has 3 N–H and O–H groups in total. The van der Waals surface area contributed by atoms with Gasteiger partial charge in [-0.05, 0) is 43.2 Å². The third-order valence-corrected chi connectivity index (χ3v) is 3.51. The summed E-state index contributed by atoms with van der Waals surface area (Å²) in [6, 6.07) is 11.2. The van der Waals surface area contributed by atoms with E-state index in [0.717, 1.165) is 21.3 Å². The second kappa shape index (κ2) is 5.45. The van der Waals surface area contributed by atoms with E-state index in [0.29, 0.717) is 11.3 Å². The van der Waals surface area contributed by atoms with Crippen molar-refractivity contribution in [1.29, 1.82) is 0 Å². The molecule has 0 saturated carbocycles. The van der Waals surface area contributed by atoms with Gasteiger partial charge in [0.2, 0.25) is 0 Å². The maximum Gasteiger partial charge on any atom is 0.257 e.